The quantitative estimate of drug-likeness (QED) is 0.679. The van der Waals surface area contributed by atoms with E-state index in [9.17, 15) is 19.5 Å². The molecular formula is C14H15N2O4-. The van der Waals surface area contributed by atoms with Gasteiger partial charge in [-0.05, 0) is 11.6 Å². The van der Waals surface area contributed by atoms with E-state index in [1.165, 1.54) is 13.0 Å². The normalized spacial score (nSPS) is 10.8. The molecule has 0 aliphatic heterocycles. The van der Waals surface area contributed by atoms with Gasteiger partial charge in [-0.2, -0.15) is 0 Å². The standard InChI is InChI=1S/C14H16N2O4/c1-10(17)16-12(9-11-5-3-2-4-6-11)14(20)15-8-7-13(18)19/h2-6,9H,7-8H2,1H3,(H,15,20)(H,16,17)(H,18,19)/p-1/b12-9+. The number of nitrogens with one attached hydrogen (secondary N) is 2. The molecule has 20 heavy (non-hydrogen) atoms. The van der Waals surface area contributed by atoms with Crippen molar-refractivity contribution in [1.82, 2.24) is 10.6 Å². The number of benzene rings is 1. The Morgan fingerprint density at radius 1 is 1.20 bits per heavy atom. The Kier molecular flexibility index (Phi) is 5.96. The first-order chi connectivity index (χ1) is 9.49. The van der Waals surface area contributed by atoms with Crippen LogP contribution < -0.4 is 15.7 Å². The Morgan fingerprint density at radius 3 is 2.40 bits per heavy atom. The molecule has 0 aliphatic rings. The van der Waals surface area contributed by atoms with E-state index in [0.29, 0.717) is 0 Å². The number of rotatable bonds is 6. The second-order valence-corrected chi connectivity index (χ2v) is 4.03. The predicted molar refractivity (Wildman–Crippen MR) is 70.9 cm³/mol. The summed E-state index contributed by atoms with van der Waals surface area (Å²) in [6, 6.07) is 8.97. The highest BCUT2D eigenvalue weighted by molar-refractivity contribution is 6.00. The minimum atomic E-state index is -1.25. The molecule has 2 N–H and O–H groups in total. The highest BCUT2D eigenvalue weighted by Gasteiger charge is 2.10. The van der Waals surface area contributed by atoms with Crippen LogP contribution in [-0.4, -0.2) is 24.3 Å². The Hall–Kier alpha value is -2.63. The third-order valence-corrected chi connectivity index (χ3v) is 2.28. The summed E-state index contributed by atoms with van der Waals surface area (Å²) < 4.78 is 0. The minimum Gasteiger partial charge on any atom is -0.550 e. The van der Waals surface area contributed by atoms with Crippen LogP contribution in [0.25, 0.3) is 6.08 Å². The van der Waals surface area contributed by atoms with E-state index in [2.05, 4.69) is 10.6 Å². The number of aliphatic carboxylic acids is 1. The lowest BCUT2D eigenvalue weighted by molar-refractivity contribution is -0.305. The number of hydrogen-bond donors (Lipinski definition) is 2. The summed E-state index contributed by atoms with van der Waals surface area (Å²) in [5.74, 6) is -2.19. The number of carboxylic acid groups (broad SMARTS) is 1. The van der Waals surface area contributed by atoms with E-state index in [1.54, 1.807) is 24.3 Å². The average molecular weight is 275 g/mol. The summed E-state index contributed by atoms with van der Waals surface area (Å²) in [5.41, 5.74) is 0.799. The summed E-state index contributed by atoms with van der Waals surface area (Å²) >= 11 is 0. The number of carbonyl (C=O) groups is 3. The molecule has 0 bridgehead atoms. The third-order valence-electron chi connectivity index (χ3n) is 2.28. The van der Waals surface area contributed by atoms with Gasteiger partial charge in [0, 0.05) is 25.9 Å². The molecule has 0 unspecified atom stereocenters. The monoisotopic (exact) mass is 275 g/mol. The van der Waals surface area contributed by atoms with Crippen LogP contribution in [0.2, 0.25) is 0 Å². The molecular weight excluding hydrogens is 260 g/mol. The molecule has 0 fully saturated rings. The fourth-order valence-electron chi connectivity index (χ4n) is 1.44. The maximum atomic E-state index is 11.9. The number of carboxylic acids is 1. The molecule has 0 saturated heterocycles. The van der Waals surface area contributed by atoms with Gasteiger partial charge in [-0.25, -0.2) is 0 Å². The molecule has 0 radical (unpaired) electrons. The van der Waals surface area contributed by atoms with Crippen molar-refractivity contribution < 1.29 is 19.5 Å². The van der Waals surface area contributed by atoms with Crippen molar-refractivity contribution in [2.75, 3.05) is 6.54 Å². The third kappa shape index (κ3) is 5.81. The first-order valence-corrected chi connectivity index (χ1v) is 6.01. The summed E-state index contributed by atoms with van der Waals surface area (Å²) in [7, 11) is 0. The molecule has 6 nitrogen and oxygen atoms in total. The molecule has 0 aliphatic carbocycles. The van der Waals surface area contributed by atoms with Gasteiger partial charge in [-0.1, -0.05) is 30.3 Å². The molecule has 1 rings (SSSR count). The van der Waals surface area contributed by atoms with Crippen LogP contribution >= 0.6 is 0 Å². The van der Waals surface area contributed by atoms with E-state index >= 15 is 0 Å². The minimum absolute atomic E-state index is 0.0575. The Morgan fingerprint density at radius 2 is 1.85 bits per heavy atom. The topological polar surface area (TPSA) is 98.3 Å². The van der Waals surface area contributed by atoms with Crippen molar-refractivity contribution >= 4 is 23.9 Å². The predicted octanol–water partition coefficient (Wildman–Crippen LogP) is -0.580. The fraction of sp³-hybridized carbons (Fsp3) is 0.214. The van der Waals surface area contributed by atoms with Gasteiger partial charge in [0.25, 0.3) is 5.91 Å². The van der Waals surface area contributed by atoms with Crippen LogP contribution in [0.3, 0.4) is 0 Å². The highest BCUT2D eigenvalue weighted by Crippen LogP contribution is 2.05. The van der Waals surface area contributed by atoms with Crippen LogP contribution in [0.4, 0.5) is 0 Å². The Balaban J connectivity index is 2.78. The van der Waals surface area contributed by atoms with Crippen molar-refractivity contribution in [3.63, 3.8) is 0 Å². The number of carbonyl (C=O) groups excluding carboxylic acids is 3. The van der Waals surface area contributed by atoms with Gasteiger partial charge in [0.1, 0.15) is 5.70 Å². The van der Waals surface area contributed by atoms with E-state index < -0.39 is 11.9 Å². The summed E-state index contributed by atoms with van der Waals surface area (Å²) in [5, 5.41) is 15.1. The first-order valence-electron chi connectivity index (χ1n) is 6.01. The van der Waals surface area contributed by atoms with Crippen molar-refractivity contribution in [3.05, 3.63) is 41.6 Å². The van der Waals surface area contributed by atoms with Crippen molar-refractivity contribution in [1.29, 1.82) is 0 Å². The molecule has 1 aromatic carbocycles. The van der Waals surface area contributed by atoms with Crippen LogP contribution in [0, 0.1) is 0 Å². The van der Waals surface area contributed by atoms with Gasteiger partial charge >= 0.3 is 0 Å². The van der Waals surface area contributed by atoms with Crippen LogP contribution in [0.5, 0.6) is 0 Å². The number of hydrogen-bond acceptors (Lipinski definition) is 4. The van der Waals surface area contributed by atoms with Crippen molar-refractivity contribution in [2.45, 2.75) is 13.3 Å². The molecule has 0 spiro atoms. The lowest BCUT2D eigenvalue weighted by Gasteiger charge is -2.10. The SMILES string of the molecule is CC(=O)N/C(=C/c1ccccc1)C(=O)NCCC(=O)[O-]. The van der Waals surface area contributed by atoms with Crippen molar-refractivity contribution in [3.8, 4) is 0 Å². The summed E-state index contributed by atoms with van der Waals surface area (Å²) in [6.45, 7) is 1.22. The average Bonchev–Trinajstić information content (AvgIpc) is 2.38. The molecule has 0 heterocycles. The summed E-state index contributed by atoms with van der Waals surface area (Å²) in [4.78, 5) is 33.2. The summed E-state index contributed by atoms with van der Waals surface area (Å²) in [6.07, 6.45) is 1.22. The largest absolute Gasteiger partial charge is 0.550 e. The van der Waals surface area contributed by atoms with Crippen molar-refractivity contribution in [2.24, 2.45) is 0 Å². The zero-order chi connectivity index (χ0) is 15.0. The molecule has 0 atom stereocenters. The lowest BCUT2D eigenvalue weighted by Crippen LogP contribution is -2.36. The Labute approximate surface area is 116 Å². The lowest BCUT2D eigenvalue weighted by atomic mass is 10.2. The van der Waals surface area contributed by atoms with Gasteiger partial charge in [-0.3, -0.25) is 9.59 Å². The molecule has 106 valence electrons. The fourth-order valence-corrected chi connectivity index (χ4v) is 1.44. The van der Waals surface area contributed by atoms with E-state index in [-0.39, 0.29) is 24.6 Å². The molecule has 1 aromatic rings. The zero-order valence-electron chi connectivity index (χ0n) is 11.0. The highest BCUT2D eigenvalue weighted by atomic mass is 16.4. The first kappa shape index (κ1) is 15.4. The van der Waals surface area contributed by atoms with Crippen LogP contribution in [-0.2, 0) is 14.4 Å². The smallest absolute Gasteiger partial charge is 0.267 e. The van der Waals surface area contributed by atoms with Crippen LogP contribution in [0.15, 0.2) is 36.0 Å². The van der Waals surface area contributed by atoms with Gasteiger partial charge in [0.2, 0.25) is 5.91 Å². The van der Waals surface area contributed by atoms with E-state index in [1.807, 2.05) is 6.07 Å². The molecule has 0 saturated carbocycles. The molecule has 0 aromatic heterocycles. The van der Waals surface area contributed by atoms with Gasteiger partial charge in [0.15, 0.2) is 0 Å². The second kappa shape index (κ2) is 7.73. The molecule has 2 amide bonds. The number of amides is 2. The van der Waals surface area contributed by atoms with Gasteiger partial charge in [-0.15, -0.1) is 0 Å². The van der Waals surface area contributed by atoms with Gasteiger partial charge in [0.05, 0.1) is 0 Å². The maximum Gasteiger partial charge on any atom is 0.267 e. The van der Waals surface area contributed by atoms with Gasteiger partial charge < -0.3 is 20.5 Å². The van der Waals surface area contributed by atoms with Crippen LogP contribution in [0.1, 0.15) is 18.9 Å². The Bertz CT molecular complexity index is 523. The van der Waals surface area contributed by atoms with E-state index in [4.69, 9.17) is 0 Å². The van der Waals surface area contributed by atoms with E-state index in [0.717, 1.165) is 5.56 Å². The maximum absolute atomic E-state index is 11.9. The zero-order valence-corrected chi connectivity index (χ0v) is 11.0. The molecule has 6 heteroatoms. The second-order valence-electron chi connectivity index (χ2n) is 4.03.